The predicted molar refractivity (Wildman–Crippen MR) is 98.1 cm³/mol. The summed E-state index contributed by atoms with van der Waals surface area (Å²) < 4.78 is 18.9. The van der Waals surface area contributed by atoms with Crippen molar-refractivity contribution in [2.45, 2.75) is 6.54 Å². The second-order valence-corrected chi connectivity index (χ2v) is 6.06. The van der Waals surface area contributed by atoms with Gasteiger partial charge in [-0.05, 0) is 11.6 Å². The Balaban J connectivity index is 1.77. The first kappa shape index (κ1) is 18.6. The van der Waals surface area contributed by atoms with Crippen LogP contribution >= 0.6 is 0 Å². The Morgan fingerprint density at radius 3 is 2.70 bits per heavy atom. The molecule has 8 nitrogen and oxygen atoms in total. The molecule has 3 N–H and O–H groups in total. The van der Waals surface area contributed by atoms with Crippen LogP contribution in [0.5, 0.6) is 0 Å². The number of para-hydroxylation sites is 1. The minimum Gasteiger partial charge on any atom is -0.398 e. The van der Waals surface area contributed by atoms with E-state index in [1.807, 2.05) is 24.3 Å². The summed E-state index contributed by atoms with van der Waals surface area (Å²) in [4.78, 5) is 24.6. The highest BCUT2D eigenvalue weighted by Crippen LogP contribution is 2.25. The molecule has 1 heterocycles. The number of ether oxygens (including phenoxy) is 1. The molecule has 9 heteroatoms. The first-order valence-corrected chi connectivity index (χ1v) is 8.39. The summed E-state index contributed by atoms with van der Waals surface area (Å²) in [6, 6.07) is 9.27. The Hall–Kier alpha value is -3.20. The van der Waals surface area contributed by atoms with Crippen LogP contribution in [0.4, 0.5) is 21.5 Å². The number of morpholine rings is 1. The number of amides is 1. The second kappa shape index (κ2) is 8.00. The van der Waals surface area contributed by atoms with Gasteiger partial charge in [-0.1, -0.05) is 18.2 Å². The van der Waals surface area contributed by atoms with E-state index in [-0.39, 0.29) is 17.8 Å². The fourth-order valence-electron chi connectivity index (χ4n) is 2.96. The van der Waals surface area contributed by atoms with Crippen molar-refractivity contribution in [2.75, 3.05) is 36.9 Å². The van der Waals surface area contributed by atoms with Crippen molar-refractivity contribution in [3.05, 3.63) is 63.5 Å². The number of rotatable bonds is 5. The van der Waals surface area contributed by atoms with E-state index < -0.39 is 22.3 Å². The number of nitro benzene ring substituents is 1. The van der Waals surface area contributed by atoms with Crippen molar-refractivity contribution in [2.24, 2.45) is 0 Å². The largest absolute Gasteiger partial charge is 0.398 e. The molecule has 0 atom stereocenters. The third-order valence-corrected chi connectivity index (χ3v) is 4.34. The van der Waals surface area contributed by atoms with Crippen LogP contribution in [-0.2, 0) is 11.3 Å². The summed E-state index contributed by atoms with van der Waals surface area (Å²) in [5.74, 6) is -1.68. The maximum Gasteiger partial charge on any atom is 0.305 e. The van der Waals surface area contributed by atoms with Crippen molar-refractivity contribution in [1.29, 1.82) is 0 Å². The highest BCUT2D eigenvalue weighted by atomic mass is 19.1. The number of halogens is 1. The quantitative estimate of drug-likeness (QED) is 0.471. The number of carbonyl (C=O) groups excluding carboxylic acids is 1. The van der Waals surface area contributed by atoms with Gasteiger partial charge in [-0.3, -0.25) is 14.9 Å². The summed E-state index contributed by atoms with van der Waals surface area (Å²) in [7, 11) is 0. The lowest BCUT2D eigenvalue weighted by Crippen LogP contribution is -2.37. The zero-order valence-corrected chi connectivity index (χ0v) is 14.5. The minimum absolute atomic E-state index is 0.132. The smallest absolute Gasteiger partial charge is 0.305 e. The number of nitro groups is 1. The molecule has 0 radical (unpaired) electrons. The average molecular weight is 374 g/mol. The molecule has 0 saturated carbocycles. The van der Waals surface area contributed by atoms with Crippen LogP contribution < -0.4 is 16.0 Å². The normalized spacial score (nSPS) is 14.0. The highest BCUT2D eigenvalue weighted by Gasteiger charge is 2.21. The van der Waals surface area contributed by atoms with Crippen molar-refractivity contribution >= 4 is 23.0 Å². The number of hydrogen-bond acceptors (Lipinski definition) is 6. The first-order chi connectivity index (χ1) is 13.0. The van der Waals surface area contributed by atoms with Gasteiger partial charge in [0.2, 0.25) is 5.82 Å². The van der Waals surface area contributed by atoms with E-state index in [4.69, 9.17) is 10.5 Å². The van der Waals surface area contributed by atoms with E-state index in [0.717, 1.165) is 36.5 Å². The summed E-state index contributed by atoms with van der Waals surface area (Å²) in [5.41, 5.74) is 6.46. The maximum absolute atomic E-state index is 13.6. The van der Waals surface area contributed by atoms with Gasteiger partial charge in [0.15, 0.2) is 0 Å². The summed E-state index contributed by atoms with van der Waals surface area (Å²) in [6.07, 6.45) is 0. The zero-order valence-electron chi connectivity index (χ0n) is 14.5. The van der Waals surface area contributed by atoms with Crippen LogP contribution in [0.15, 0.2) is 36.4 Å². The molecule has 0 spiro atoms. The molecule has 27 heavy (non-hydrogen) atoms. The van der Waals surface area contributed by atoms with Gasteiger partial charge >= 0.3 is 5.69 Å². The molecule has 1 fully saturated rings. The summed E-state index contributed by atoms with van der Waals surface area (Å²) >= 11 is 0. The van der Waals surface area contributed by atoms with Gasteiger partial charge in [0.25, 0.3) is 5.91 Å². The zero-order chi connectivity index (χ0) is 19.4. The Morgan fingerprint density at radius 2 is 2.00 bits per heavy atom. The standard InChI is InChI=1S/C18H19FN4O4/c19-14-10-15(20)13(9-17(14)23(25)26)18(24)21-11-12-3-1-2-4-16(12)22-5-7-27-8-6-22/h1-4,9-10H,5-8,11,20H2,(H,21,24). The topological polar surface area (TPSA) is 111 Å². The predicted octanol–water partition coefficient (Wildman–Crippen LogP) is 2.08. The first-order valence-electron chi connectivity index (χ1n) is 8.39. The molecule has 142 valence electrons. The third kappa shape index (κ3) is 4.14. The number of nitrogen functional groups attached to an aromatic ring is 1. The molecule has 1 saturated heterocycles. The van der Waals surface area contributed by atoms with Crippen LogP contribution in [0.1, 0.15) is 15.9 Å². The van der Waals surface area contributed by atoms with Gasteiger partial charge in [0.05, 0.1) is 23.7 Å². The summed E-state index contributed by atoms with van der Waals surface area (Å²) in [5, 5.41) is 13.6. The number of benzene rings is 2. The number of nitrogens with one attached hydrogen (secondary N) is 1. The molecule has 0 unspecified atom stereocenters. The minimum atomic E-state index is -1.08. The van der Waals surface area contributed by atoms with Crippen LogP contribution in [0.2, 0.25) is 0 Å². The summed E-state index contributed by atoms with van der Waals surface area (Å²) in [6.45, 7) is 2.98. The van der Waals surface area contributed by atoms with E-state index in [9.17, 15) is 19.3 Å². The lowest BCUT2D eigenvalue weighted by molar-refractivity contribution is -0.387. The van der Waals surface area contributed by atoms with Crippen molar-refractivity contribution < 1.29 is 18.8 Å². The third-order valence-electron chi connectivity index (χ3n) is 4.34. The van der Waals surface area contributed by atoms with E-state index in [0.29, 0.717) is 13.2 Å². The molecule has 0 aromatic heterocycles. The van der Waals surface area contributed by atoms with E-state index in [1.54, 1.807) is 0 Å². The van der Waals surface area contributed by atoms with E-state index in [1.165, 1.54) is 0 Å². The molecule has 3 rings (SSSR count). The SMILES string of the molecule is Nc1cc(F)c([N+](=O)[O-])cc1C(=O)NCc1ccccc1N1CCOCC1. The molecular weight excluding hydrogens is 355 g/mol. The number of nitrogens with two attached hydrogens (primary N) is 1. The van der Waals surface area contributed by atoms with Crippen molar-refractivity contribution in [1.82, 2.24) is 5.32 Å². The Bertz CT molecular complexity index is 868. The lowest BCUT2D eigenvalue weighted by Gasteiger charge is -2.30. The number of hydrogen-bond donors (Lipinski definition) is 2. The van der Waals surface area contributed by atoms with Crippen LogP contribution in [0.25, 0.3) is 0 Å². The second-order valence-electron chi connectivity index (χ2n) is 6.06. The van der Waals surface area contributed by atoms with Crippen molar-refractivity contribution in [3.8, 4) is 0 Å². The lowest BCUT2D eigenvalue weighted by atomic mass is 10.1. The fourth-order valence-corrected chi connectivity index (χ4v) is 2.96. The average Bonchev–Trinajstić information content (AvgIpc) is 2.67. The van der Waals surface area contributed by atoms with Gasteiger partial charge in [-0.25, -0.2) is 0 Å². The molecule has 1 aliphatic rings. The Labute approximate surface area is 154 Å². The number of carbonyl (C=O) groups is 1. The van der Waals surface area contributed by atoms with Crippen LogP contribution in [-0.4, -0.2) is 37.1 Å². The van der Waals surface area contributed by atoms with Gasteiger partial charge < -0.3 is 20.7 Å². The fraction of sp³-hybridized carbons (Fsp3) is 0.278. The number of nitrogens with zero attached hydrogens (tertiary/aromatic N) is 2. The van der Waals surface area contributed by atoms with E-state index >= 15 is 0 Å². The van der Waals surface area contributed by atoms with Crippen LogP contribution in [0.3, 0.4) is 0 Å². The molecule has 0 bridgehead atoms. The molecule has 1 amide bonds. The molecule has 2 aromatic rings. The van der Waals surface area contributed by atoms with Gasteiger partial charge in [0, 0.05) is 43.1 Å². The van der Waals surface area contributed by atoms with Crippen molar-refractivity contribution in [3.63, 3.8) is 0 Å². The van der Waals surface area contributed by atoms with Gasteiger partial charge in [0.1, 0.15) is 0 Å². The van der Waals surface area contributed by atoms with Gasteiger partial charge in [-0.15, -0.1) is 0 Å². The van der Waals surface area contributed by atoms with Gasteiger partial charge in [-0.2, -0.15) is 4.39 Å². The Kier molecular flexibility index (Phi) is 5.51. The monoisotopic (exact) mass is 374 g/mol. The molecule has 1 aliphatic heterocycles. The highest BCUT2D eigenvalue weighted by molar-refractivity contribution is 5.99. The molecule has 2 aromatic carbocycles. The number of anilines is 2. The molecule has 0 aliphatic carbocycles. The van der Waals surface area contributed by atoms with E-state index in [2.05, 4.69) is 10.2 Å². The Morgan fingerprint density at radius 1 is 1.30 bits per heavy atom. The van der Waals surface area contributed by atoms with Crippen LogP contribution in [0, 0.1) is 15.9 Å². The molecular formula is C18H19FN4O4. The maximum atomic E-state index is 13.6.